The molecule has 0 radical (unpaired) electrons. The van der Waals surface area contributed by atoms with Crippen LogP contribution in [0.1, 0.15) is 0 Å². The first-order valence-electron chi connectivity index (χ1n) is 3.72. The second kappa shape index (κ2) is 4.48. The second-order valence-electron chi connectivity index (χ2n) is 2.69. The first-order chi connectivity index (χ1) is 7.13. The Balaban J connectivity index is 3.01. The Bertz CT molecular complexity index is 389. The number of rotatable bonds is 2. The molecule has 0 nitrogen and oxygen atoms in total. The molecule has 0 atom stereocenters. The predicted octanol–water partition coefficient (Wildman–Crippen LogP) is 4.84. The molecule has 0 N–H and O–H groups in total. The molecule has 0 aliphatic rings. The van der Waals surface area contributed by atoms with Crippen molar-refractivity contribution >= 4 is 27.7 Å². The Morgan fingerprint density at radius 3 is 2.12 bits per heavy atom. The fourth-order valence-electron chi connectivity index (χ4n) is 0.751. The minimum Gasteiger partial charge on any atom is -0.206 e. The largest absolute Gasteiger partial charge is 0.464 e. The molecule has 0 aromatic heterocycles. The van der Waals surface area contributed by atoms with E-state index >= 15 is 0 Å². The van der Waals surface area contributed by atoms with Crippen LogP contribution < -0.4 is 0 Å². The zero-order valence-corrected chi connectivity index (χ0v) is 9.69. The first-order valence-corrected chi connectivity index (χ1v) is 5.33. The van der Waals surface area contributed by atoms with Crippen molar-refractivity contribution in [1.29, 1.82) is 0 Å². The van der Waals surface area contributed by atoms with Crippen LogP contribution in [0, 0.1) is 5.82 Å². The van der Waals surface area contributed by atoms with E-state index < -0.39 is 33.9 Å². The van der Waals surface area contributed by atoms with Crippen LogP contribution in [0.4, 0.5) is 26.3 Å². The van der Waals surface area contributed by atoms with E-state index in [2.05, 4.69) is 15.9 Å². The predicted molar refractivity (Wildman–Crippen MR) is 51.0 cm³/mol. The summed E-state index contributed by atoms with van der Waals surface area (Å²) in [5.41, 5.74) is 0. The number of thioether (sulfide) groups is 1. The summed E-state index contributed by atoms with van der Waals surface area (Å²) in [5.74, 6) is -1.13. The molecule has 0 saturated carbocycles. The van der Waals surface area contributed by atoms with Crippen molar-refractivity contribution in [3.05, 3.63) is 28.5 Å². The van der Waals surface area contributed by atoms with Crippen LogP contribution in [-0.4, -0.2) is 11.4 Å². The van der Waals surface area contributed by atoms with Crippen LogP contribution >= 0.6 is 27.7 Å². The van der Waals surface area contributed by atoms with E-state index in [0.717, 1.165) is 12.1 Å². The van der Waals surface area contributed by atoms with Crippen LogP contribution in [0.25, 0.3) is 0 Å². The van der Waals surface area contributed by atoms with Crippen LogP contribution in [-0.2, 0) is 0 Å². The van der Waals surface area contributed by atoms with Gasteiger partial charge in [-0.2, -0.15) is 22.0 Å². The van der Waals surface area contributed by atoms with Crippen molar-refractivity contribution in [2.24, 2.45) is 0 Å². The fraction of sp³-hybridized carbons (Fsp3) is 0.250. The molecule has 90 valence electrons. The number of benzene rings is 1. The van der Waals surface area contributed by atoms with Crippen LogP contribution in [0.2, 0.25) is 0 Å². The van der Waals surface area contributed by atoms with Gasteiger partial charge in [0.15, 0.2) is 0 Å². The van der Waals surface area contributed by atoms with Crippen LogP contribution in [0.5, 0.6) is 0 Å². The molecule has 0 fully saturated rings. The monoisotopic (exact) mass is 324 g/mol. The molecule has 0 aliphatic heterocycles. The quantitative estimate of drug-likeness (QED) is 0.554. The number of hydrogen-bond acceptors (Lipinski definition) is 1. The highest BCUT2D eigenvalue weighted by Crippen LogP contribution is 2.48. The van der Waals surface area contributed by atoms with Gasteiger partial charge in [0, 0.05) is 4.47 Å². The van der Waals surface area contributed by atoms with Gasteiger partial charge in [0.05, 0.1) is 4.90 Å². The summed E-state index contributed by atoms with van der Waals surface area (Å²) in [6.45, 7) is 0. The van der Waals surface area contributed by atoms with Gasteiger partial charge in [0.25, 0.3) is 0 Å². The molecule has 0 unspecified atom stereocenters. The summed E-state index contributed by atoms with van der Waals surface area (Å²) < 4.78 is 73.9. The van der Waals surface area contributed by atoms with Gasteiger partial charge in [0.1, 0.15) is 5.82 Å². The minimum atomic E-state index is -5.72. The van der Waals surface area contributed by atoms with Gasteiger partial charge in [-0.25, -0.2) is 4.39 Å². The van der Waals surface area contributed by atoms with Gasteiger partial charge in [-0.3, -0.25) is 0 Å². The van der Waals surface area contributed by atoms with Gasteiger partial charge < -0.3 is 0 Å². The molecule has 1 aromatic carbocycles. The number of halogens is 7. The van der Waals surface area contributed by atoms with Gasteiger partial charge in [-0.15, -0.1) is 0 Å². The fourth-order valence-corrected chi connectivity index (χ4v) is 2.01. The lowest BCUT2D eigenvalue weighted by Crippen LogP contribution is -2.32. The van der Waals surface area contributed by atoms with Gasteiger partial charge >= 0.3 is 11.4 Å². The lowest BCUT2D eigenvalue weighted by Gasteiger charge is -2.18. The van der Waals surface area contributed by atoms with E-state index in [9.17, 15) is 26.3 Å². The molecule has 0 bridgehead atoms. The highest BCUT2D eigenvalue weighted by Gasteiger charge is 2.58. The Labute approximate surface area is 99.1 Å². The molecule has 1 aromatic rings. The Kier molecular flexibility index (Phi) is 3.83. The zero-order valence-electron chi connectivity index (χ0n) is 7.29. The molecule has 16 heavy (non-hydrogen) atoms. The van der Waals surface area contributed by atoms with Gasteiger partial charge in [-0.1, -0.05) is 15.9 Å². The third kappa shape index (κ3) is 3.07. The second-order valence-corrected chi connectivity index (χ2v) is 4.76. The normalized spacial score (nSPS) is 12.9. The van der Waals surface area contributed by atoms with Crippen molar-refractivity contribution in [3.63, 3.8) is 0 Å². The summed E-state index contributed by atoms with van der Waals surface area (Å²) in [6, 6.07) is 2.86. The molecular weight excluding hydrogens is 322 g/mol. The standard InChI is InChI=1S/C8H3BrF6S/c9-4-1-2-5(10)6(3-4)16-8(14,15)7(11,12)13/h1-3H. The molecule has 0 heterocycles. The van der Waals surface area contributed by atoms with Crippen molar-refractivity contribution < 1.29 is 26.3 Å². The zero-order chi connectivity index (χ0) is 12.6. The maximum Gasteiger partial charge on any atom is 0.464 e. The number of hydrogen-bond donors (Lipinski definition) is 0. The van der Waals surface area contributed by atoms with Crippen molar-refractivity contribution in [2.45, 2.75) is 16.3 Å². The highest BCUT2D eigenvalue weighted by atomic mass is 79.9. The van der Waals surface area contributed by atoms with E-state index in [1.807, 2.05) is 0 Å². The SMILES string of the molecule is Fc1ccc(Br)cc1SC(F)(F)C(F)(F)F. The van der Waals surface area contributed by atoms with E-state index in [1.54, 1.807) is 0 Å². The third-order valence-electron chi connectivity index (χ3n) is 1.46. The summed E-state index contributed by atoms with van der Waals surface area (Å²) in [4.78, 5) is -0.767. The maximum absolute atomic E-state index is 12.9. The summed E-state index contributed by atoms with van der Waals surface area (Å²) >= 11 is 1.98. The Hall–Kier alpha value is -0.370. The van der Waals surface area contributed by atoms with Crippen molar-refractivity contribution in [2.75, 3.05) is 0 Å². The van der Waals surface area contributed by atoms with Crippen molar-refractivity contribution in [3.8, 4) is 0 Å². The Morgan fingerprint density at radius 1 is 1.06 bits per heavy atom. The minimum absolute atomic E-state index is 0.217. The first kappa shape index (κ1) is 13.7. The number of alkyl halides is 5. The molecule has 0 amide bonds. The molecule has 0 spiro atoms. The smallest absolute Gasteiger partial charge is 0.206 e. The summed E-state index contributed by atoms with van der Waals surface area (Å²) in [6.07, 6.45) is -5.72. The molecule has 1 rings (SSSR count). The highest BCUT2D eigenvalue weighted by molar-refractivity contribution is 9.10. The summed E-state index contributed by atoms with van der Waals surface area (Å²) in [7, 11) is 0. The van der Waals surface area contributed by atoms with E-state index in [1.165, 1.54) is 6.07 Å². The maximum atomic E-state index is 12.9. The van der Waals surface area contributed by atoms with E-state index in [4.69, 9.17) is 0 Å². The molecule has 8 heteroatoms. The van der Waals surface area contributed by atoms with E-state index in [-0.39, 0.29) is 4.47 Å². The van der Waals surface area contributed by atoms with E-state index in [0.29, 0.717) is 0 Å². The average Bonchev–Trinajstić information content (AvgIpc) is 2.09. The topological polar surface area (TPSA) is 0 Å². The lowest BCUT2D eigenvalue weighted by molar-refractivity contribution is -0.237. The van der Waals surface area contributed by atoms with Gasteiger partial charge in [-0.05, 0) is 30.0 Å². The third-order valence-corrected chi connectivity index (χ3v) is 2.98. The van der Waals surface area contributed by atoms with Gasteiger partial charge in [0.2, 0.25) is 0 Å². The average molecular weight is 325 g/mol. The van der Waals surface area contributed by atoms with Crippen molar-refractivity contribution in [1.82, 2.24) is 0 Å². The molecule has 0 saturated heterocycles. The molecule has 0 aliphatic carbocycles. The van der Waals surface area contributed by atoms with Crippen LogP contribution in [0.3, 0.4) is 0 Å². The summed E-state index contributed by atoms with van der Waals surface area (Å²) in [5, 5.41) is -5.02. The van der Waals surface area contributed by atoms with Crippen LogP contribution in [0.15, 0.2) is 27.6 Å². The lowest BCUT2D eigenvalue weighted by atomic mass is 10.3. The molecular formula is C8H3BrF6S. The Morgan fingerprint density at radius 2 is 1.62 bits per heavy atom.